The molecule has 6 heteroatoms. The van der Waals surface area contributed by atoms with Gasteiger partial charge in [0.05, 0.1) is 18.0 Å². The van der Waals surface area contributed by atoms with Crippen LogP contribution in [0.2, 0.25) is 0 Å². The molecule has 1 aliphatic carbocycles. The van der Waals surface area contributed by atoms with E-state index >= 15 is 0 Å². The summed E-state index contributed by atoms with van der Waals surface area (Å²) in [6.07, 6.45) is 13.0. The highest BCUT2D eigenvalue weighted by atomic mass is 16.5. The van der Waals surface area contributed by atoms with E-state index in [-0.39, 0.29) is 24.0 Å². The Morgan fingerprint density at radius 2 is 1.74 bits per heavy atom. The predicted octanol–water partition coefficient (Wildman–Crippen LogP) is 4.88. The van der Waals surface area contributed by atoms with Gasteiger partial charge in [0.15, 0.2) is 0 Å². The van der Waals surface area contributed by atoms with Crippen LogP contribution in [0.3, 0.4) is 0 Å². The summed E-state index contributed by atoms with van der Waals surface area (Å²) < 4.78 is 6.57. The van der Waals surface area contributed by atoms with Crippen LogP contribution in [-0.4, -0.2) is 58.9 Å². The molecule has 0 bridgehead atoms. The molecular formula is C28H37N3O3. The summed E-state index contributed by atoms with van der Waals surface area (Å²) in [5, 5.41) is 0. The summed E-state index contributed by atoms with van der Waals surface area (Å²) >= 11 is 0. The Morgan fingerprint density at radius 3 is 2.56 bits per heavy atom. The first kappa shape index (κ1) is 24.2. The van der Waals surface area contributed by atoms with Crippen molar-refractivity contribution in [3.05, 3.63) is 59.9 Å². The van der Waals surface area contributed by atoms with Gasteiger partial charge >= 0.3 is 0 Å². The van der Waals surface area contributed by atoms with E-state index in [1.54, 1.807) is 12.4 Å². The first-order chi connectivity index (χ1) is 16.6. The molecule has 0 unspecified atom stereocenters. The summed E-state index contributed by atoms with van der Waals surface area (Å²) in [6, 6.07) is 11.4. The summed E-state index contributed by atoms with van der Waals surface area (Å²) in [6.45, 7) is 1.50. The SMILES string of the molecule is CN1CCCCCCCN(C(=O)Cc2cccnc2)[C@@H]2CCCC[C@@H]2Oc2ccccc2C1=O. The number of carbonyl (C=O) groups excluding carboxylic acids is 2. The number of hydrogen-bond acceptors (Lipinski definition) is 4. The molecule has 34 heavy (non-hydrogen) atoms. The Balaban J connectivity index is 1.61. The second kappa shape index (κ2) is 12.0. The molecule has 0 saturated heterocycles. The lowest BCUT2D eigenvalue weighted by Gasteiger charge is -2.40. The van der Waals surface area contributed by atoms with Crippen LogP contribution < -0.4 is 4.74 Å². The molecular weight excluding hydrogens is 426 g/mol. The van der Waals surface area contributed by atoms with Gasteiger partial charge in [0.2, 0.25) is 5.91 Å². The summed E-state index contributed by atoms with van der Waals surface area (Å²) in [7, 11) is 1.87. The maximum Gasteiger partial charge on any atom is 0.257 e. The number of ether oxygens (including phenoxy) is 1. The third-order valence-electron chi connectivity index (χ3n) is 7.10. The van der Waals surface area contributed by atoms with Gasteiger partial charge in [-0.1, -0.05) is 43.9 Å². The zero-order valence-electron chi connectivity index (χ0n) is 20.3. The van der Waals surface area contributed by atoms with Crippen LogP contribution in [0.4, 0.5) is 0 Å². The van der Waals surface area contributed by atoms with Gasteiger partial charge in [-0.25, -0.2) is 0 Å². The lowest BCUT2D eigenvalue weighted by molar-refractivity contribution is -0.136. The van der Waals surface area contributed by atoms with Crippen molar-refractivity contribution in [2.24, 2.45) is 0 Å². The van der Waals surface area contributed by atoms with Crippen molar-refractivity contribution in [3.8, 4) is 5.75 Å². The fraction of sp³-hybridized carbons (Fsp3) is 0.536. The van der Waals surface area contributed by atoms with E-state index in [0.717, 1.165) is 76.4 Å². The highest BCUT2D eigenvalue weighted by Gasteiger charge is 2.35. The van der Waals surface area contributed by atoms with Crippen LogP contribution in [0.15, 0.2) is 48.8 Å². The second-order valence-corrected chi connectivity index (χ2v) is 9.62. The fourth-order valence-electron chi connectivity index (χ4n) is 5.20. The van der Waals surface area contributed by atoms with E-state index in [1.807, 2.05) is 48.3 Å². The number of benzene rings is 1. The Labute approximate surface area is 203 Å². The number of aromatic nitrogens is 1. The highest BCUT2D eigenvalue weighted by Crippen LogP contribution is 2.30. The van der Waals surface area contributed by atoms with E-state index in [0.29, 0.717) is 17.7 Å². The van der Waals surface area contributed by atoms with Crippen molar-refractivity contribution in [2.45, 2.75) is 76.4 Å². The lowest BCUT2D eigenvalue weighted by Crippen LogP contribution is -2.51. The predicted molar refractivity (Wildman–Crippen MR) is 133 cm³/mol. The third kappa shape index (κ3) is 6.16. The first-order valence-electron chi connectivity index (χ1n) is 12.8. The molecule has 2 aromatic rings. The van der Waals surface area contributed by atoms with Crippen molar-refractivity contribution in [3.63, 3.8) is 0 Å². The van der Waals surface area contributed by atoms with E-state index in [9.17, 15) is 9.59 Å². The van der Waals surface area contributed by atoms with Gasteiger partial charge in [0.25, 0.3) is 5.91 Å². The molecule has 1 fully saturated rings. The molecule has 1 aromatic heterocycles. The average molecular weight is 464 g/mol. The molecule has 0 radical (unpaired) electrons. The molecule has 1 aliphatic heterocycles. The molecule has 182 valence electrons. The van der Waals surface area contributed by atoms with Crippen LogP contribution in [0, 0.1) is 0 Å². The summed E-state index contributed by atoms with van der Waals surface area (Å²) in [5.74, 6) is 0.773. The number of carbonyl (C=O) groups is 2. The van der Waals surface area contributed by atoms with Crippen LogP contribution in [0.5, 0.6) is 5.75 Å². The molecule has 1 aromatic carbocycles. The number of rotatable bonds is 2. The van der Waals surface area contributed by atoms with Gasteiger partial charge in [-0.15, -0.1) is 0 Å². The average Bonchev–Trinajstić information content (AvgIpc) is 2.86. The van der Waals surface area contributed by atoms with E-state index < -0.39 is 0 Å². The van der Waals surface area contributed by atoms with E-state index in [1.165, 1.54) is 0 Å². The number of amides is 2. The molecule has 0 spiro atoms. The molecule has 4 rings (SSSR count). The van der Waals surface area contributed by atoms with Gasteiger partial charge < -0.3 is 14.5 Å². The van der Waals surface area contributed by atoms with Gasteiger partial charge in [-0.2, -0.15) is 0 Å². The largest absolute Gasteiger partial charge is 0.487 e. The topological polar surface area (TPSA) is 62.7 Å². The van der Waals surface area contributed by atoms with Crippen LogP contribution in [-0.2, 0) is 11.2 Å². The maximum atomic E-state index is 13.5. The fourth-order valence-corrected chi connectivity index (χ4v) is 5.20. The Hall–Kier alpha value is -2.89. The number of para-hydroxylation sites is 1. The summed E-state index contributed by atoms with van der Waals surface area (Å²) in [4.78, 5) is 34.8. The van der Waals surface area contributed by atoms with Crippen molar-refractivity contribution in [1.82, 2.24) is 14.8 Å². The monoisotopic (exact) mass is 463 g/mol. The van der Waals surface area contributed by atoms with Crippen molar-refractivity contribution < 1.29 is 14.3 Å². The third-order valence-corrected chi connectivity index (χ3v) is 7.10. The van der Waals surface area contributed by atoms with E-state index in [2.05, 4.69) is 9.88 Å². The molecule has 6 nitrogen and oxygen atoms in total. The zero-order chi connectivity index (χ0) is 23.8. The van der Waals surface area contributed by atoms with Gasteiger partial charge in [0.1, 0.15) is 11.9 Å². The maximum absolute atomic E-state index is 13.5. The highest BCUT2D eigenvalue weighted by molar-refractivity contribution is 5.96. The number of hydrogen-bond donors (Lipinski definition) is 0. The first-order valence-corrected chi connectivity index (χ1v) is 12.8. The molecule has 1 saturated carbocycles. The Bertz CT molecular complexity index is 949. The molecule has 0 N–H and O–H groups in total. The number of fused-ring (bicyclic) bond motifs is 2. The normalized spacial score (nSPS) is 22.6. The van der Waals surface area contributed by atoms with Crippen LogP contribution in [0.1, 0.15) is 73.7 Å². The standard InChI is InChI=1S/C28H37N3O3/c1-30-18-9-3-2-4-10-19-31(27(32)20-22-12-11-17-29-21-22)24-14-6-8-16-26(24)34-25-15-7-5-13-23(25)28(30)33/h5,7,11-13,15,17,21,24,26H,2-4,6,8-10,14,16,18-20H2,1H3/t24-,26+/m1/s1. The zero-order valence-corrected chi connectivity index (χ0v) is 20.3. The molecule has 2 amide bonds. The van der Waals surface area contributed by atoms with Gasteiger partial charge in [-0.3, -0.25) is 14.6 Å². The van der Waals surface area contributed by atoms with Crippen molar-refractivity contribution >= 4 is 11.8 Å². The van der Waals surface area contributed by atoms with E-state index in [4.69, 9.17) is 4.74 Å². The van der Waals surface area contributed by atoms with Gasteiger partial charge in [-0.05, 0) is 55.9 Å². The van der Waals surface area contributed by atoms with Crippen LogP contribution >= 0.6 is 0 Å². The Kier molecular flexibility index (Phi) is 8.56. The minimum absolute atomic E-state index is 0.00217. The number of nitrogens with zero attached hydrogens (tertiary/aromatic N) is 3. The smallest absolute Gasteiger partial charge is 0.257 e. The molecule has 2 aliphatic rings. The summed E-state index contributed by atoms with van der Waals surface area (Å²) in [5.41, 5.74) is 1.55. The number of pyridine rings is 1. The van der Waals surface area contributed by atoms with Crippen molar-refractivity contribution in [1.29, 1.82) is 0 Å². The van der Waals surface area contributed by atoms with Crippen LogP contribution in [0.25, 0.3) is 0 Å². The molecule has 2 atom stereocenters. The van der Waals surface area contributed by atoms with Crippen molar-refractivity contribution in [2.75, 3.05) is 20.1 Å². The Morgan fingerprint density at radius 1 is 0.971 bits per heavy atom. The minimum Gasteiger partial charge on any atom is -0.487 e. The minimum atomic E-state index is -0.115. The quantitative estimate of drug-likeness (QED) is 0.637. The second-order valence-electron chi connectivity index (χ2n) is 9.62. The van der Waals surface area contributed by atoms with Gasteiger partial charge in [0, 0.05) is 32.5 Å². The lowest BCUT2D eigenvalue weighted by atomic mass is 9.90. The molecule has 2 heterocycles.